The van der Waals surface area contributed by atoms with Gasteiger partial charge in [0.2, 0.25) is 0 Å². The Morgan fingerprint density at radius 2 is 1.86 bits per heavy atom. The number of unbranched alkanes of at least 4 members (excludes halogenated alkanes) is 2. The van der Waals surface area contributed by atoms with Crippen LogP contribution in [-0.2, 0) is 14.3 Å². The Morgan fingerprint density at radius 1 is 1.10 bits per heavy atom. The molecule has 3 nitrogen and oxygen atoms in total. The summed E-state index contributed by atoms with van der Waals surface area (Å²) in [6, 6.07) is 0. The predicted molar refractivity (Wildman–Crippen MR) is 82.8 cm³/mol. The predicted octanol–water partition coefficient (Wildman–Crippen LogP) is 4.06. The SMILES string of the molecule is CCCCCC(=O)C=CC1CCC2C(OC(C)=O)CCC12. The lowest BCUT2D eigenvalue weighted by Crippen LogP contribution is -2.22. The van der Waals surface area contributed by atoms with Crippen molar-refractivity contribution in [2.75, 3.05) is 0 Å². The molecule has 2 saturated carbocycles. The molecule has 0 saturated heterocycles. The van der Waals surface area contributed by atoms with Crippen LogP contribution >= 0.6 is 0 Å². The van der Waals surface area contributed by atoms with Gasteiger partial charge in [-0.25, -0.2) is 0 Å². The first-order valence-electron chi connectivity index (χ1n) is 8.50. The summed E-state index contributed by atoms with van der Waals surface area (Å²) in [6.45, 7) is 3.65. The van der Waals surface area contributed by atoms with Crippen molar-refractivity contribution in [1.82, 2.24) is 0 Å². The third-order valence-electron chi connectivity index (χ3n) is 5.07. The van der Waals surface area contributed by atoms with Crippen LogP contribution in [0, 0.1) is 17.8 Å². The van der Waals surface area contributed by atoms with Gasteiger partial charge in [-0.3, -0.25) is 9.59 Å². The molecule has 0 radical (unpaired) electrons. The molecule has 4 unspecified atom stereocenters. The molecule has 0 aliphatic heterocycles. The van der Waals surface area contributed by atoms with Crippen molar-refractivity contribution in [3.63, 3.8) is 0 Å². The number of allylic oxidation sites excluding steroid dienone is 2. The highest BCUT2D eigenvalue weighted by Gasteiger charge is 2.45. The Morgan fingerprint density at radius 3 is 2.57 bits per heavy atom. The number of ketones is 1. The fraction of sp³-hybridized carbons (Fsp3) is 0.778. The highest BCUT2D eigenvalue weighted by atomic mass is 16.5. The van der Waals surface area contributed by atoms with Gasteiger partial charge in [0.1, 0.15) is 6.10 Å². The van der Waals surface area contributed by atoms with Crippen LogP contribution in [0.2, 0.25) is 0 Å². The van der Waals surface area contributed by atoms with Crippen LogP contribution in [0.3, 0.4) is 0 Å². The monoisotopic (exact) mass is 292 g/mol. The number of hydrogen-bond donors (Lipinski definition) is 0. The molecular weight excluding hydrogens is 264 g/mol. The van der Waals surface area contributed by atoms with Gasteiger partial charge >= 0.3 is 5.97 Å². The molecule has 21 heavy (non-hydrogen) atoms. The molecule has 0 N–H and O–H groups in total. The molecular formula is C18H28O3. The number of ether oxygens (including phenoxy) is 1. The number of rotatable bonds is 7. The van der Waals surface area contributed by atoms with E-state index >= 15 is 0 Å². The molecule has 3 heteroatoms. The summed E-state index contributed by atoms with van der Waals surface area (Å²) in [7, 11) is 0. The fourth-order valence-corrected chi connectivity index (χ4v) is 4.05. The Kier molecular flexibility index (Phi) is 6.01. The highest BCUT2D eigenvalue weighted by Crippen LogP contribution is 2.49. The summed E-state index contributed by atoms with van der Waals surface area (Å²) in [5, 5.41) is 0. The largest absolute Gasteiger partial charge is 0.462 e. The standard InChI is InChI=1S/C18H28O3/c1-3-4-5-6-15(20)9-7-14-8-10-17-16(14)11-12-18(17)21-13(2)19/h7,9,14,16-18H,3-6,8,10-12H2,1-2H3. The first-order valence-corrected chi connectivity index (χ1v) is 8.50. The van der Waals surface area contributed by atoms with Gasteiger partial charge in [0.05, 0.1) is 0 Å². The maximum Gasteiger partial charge on any atom is 0.302 e. The minimum atomic E-state index is -0.161. The number of carbonyl (C=O) groups is 2. The van der Waals surface area contributed by atoms with Crippen molar-refractivity contribution in [1.29, 1.82) is 0 Å². The maximum atomic E-state index is 11.8. The summed E-state index contributed by atoms with van der Waals surface area (Å²) < 4.78 is 5.43. The second-order valence-corrected chi connectivity index (χ2v) is 6.58. The Hall–Kier alpha value is -1.12. The first kappa shape index (κ1) is 16.3. The van der Waals surface area contributed by atoms with E-state index in [9.17, 15) is 9.59 Å². The van der Waals surface area contributed by atoms with Gasteiger partial charge in [0.15, 0.2) is 5.78 Å². The third kappa shape index (κ3) is 4.42. The molecule has 0 aromatic heterocycles. The second-order valence-electron chi connectivity index (χ2n) is 6.58. The average molecular weight is 292 g/mol. The van der Waals surface area contributed by atoms with Crippen molar-refractivity contribution in [2.45, 2.75) is 71.3 Å². The van der Waals surface area contributed by atoms with Gasteiger partial charge in [-0.15, -0.1) is 0 Å². The van der Waals surface area contributed by atoms with E-state index in [-0.39, 0.29) is 17.9 Å². The van der Waals surface area contributed by atoms with E-state index < -0.39 is 0 Å². The summed E-state index contributed by atoms with van der Waals surface area (Å²) in [6.07, 6.45) is 12.4. The van der Waals surface area contributed by atoms with Crippen LogP contribution in [0.25, 0.3) is 0 Å². The van der Waals surface area contributed by atoms with E-state index in [0.717, 1.165) is 44.9 Å². The van der Waals surface area contributed by atoms with Gasteiger partial charge in [-0.1, -0.05) is 25.8 Å². The maximum absolute atomic E-state index is 11.8. The Bertz CT molecular complexity index is 399. The lowest BCUT2D eigenvalue weighted by Gasteiger charge is -2.19. The van der Waals surface area contributed by atoms with Crippen LogP contribution in [0.1, 0.15) is 65.2 Å². The van der Waals surface area contributed by atoms with E-state index in [1.54, 1.807) is 0 Å². The molecule has 0 spiro atoms. The zero-order valence-corrected chi connectivity index (χ0v) is 13.3. The van der Waals surface area contributed by atoms with Crippen molar-refractivity contribution < 1.29 is 14.3 Å². The van der Waals surface area contributed by atoms with Crippen molar-refractivity contribution in [2.24, 2.45) is 17.8 Å². The van der Waals surface area contributed by atoms with Crippen LogP contribution < -0.4 is 0 Å². The number of esters is 1. The van der Waals surface area contributed by atoms with Crippen molar-refractivity contribution in [3.05, 3.63) is 12.2 Å². The molecule has 118 valence electrons. The molecule has 2 aliphatic carbocycles. The van der Waals surface area contributed by atoms with E-state index in [2.05, 4.69) is 13.0 Å². The van der Waals surface area contributed by atoms with Crippen molar-refractivity contribution >= 4 is 11.8 Å². The summed E-state index contributed by atoms with van der Waals surface area (Å²) in [5.41, 5.74) is 0. The second kappa shape index (κ2) is 7.77. The molecule has 2 rings (SSSR count). The Labute approximate surface area is 128 Å². The molecule has 0 aromatic rings. The van der Waals surface area contributed by atoms with E-state index in [1.165, 1.54) is 6.92 Å². The van der Waals surface area contributed by atoms with Crippen molar-refractivity contribution in [3.8, 4) is 0 Å². The molecule has 2 aliphatic rings. The highest BCUT2D eigenvalue weighted by molar-refractivity contribution is 5.89. The van der Waals surface area contributed by atoms with Gasteiger partial charge in [-0.05, 0) is 55.9 Å². The molecule has 0 aromatic carbocycles. The van der Waals surface area contributed by atoms with E-state index in [1.807, 2.05) is 6.08 Å². The van der Waals surface area contributed by atoms with Crippen LogP contribution in [-0.4, -0.2) is 17.9 Å². The zero-order chi connectivity index (χ0) is 15.2. The molecule has 2 fully saturated rings. The van der Waals surface area contributed by atoms with E-state index in [4.69, 9.17) is 4.74 Å². The Balaban J connectivity index is 1.81. The van der Waals surface area contributed by atoms with Crippen LogP contribution in [0.5, 0.6) is 0 Å². The number of carbonyl (C=O) groups excluding carboxylic acids is 2. The molecule has 4 atom stereocenters. The van der Waals surface area contributed by atoms with Gasteiger partial charge in [-0.2, -0.15) is 0 Å². The molecule has 0 heterocycles. The summed E-state index contributed by atoms with van der Waals surface area (Å²) >= 11 is 0. The minimum Gasteiger partial charge on any atom is -0.462 e. The molecule has 0 bridgehead atoms. The van der Waals surface area contributed by atoms with E-state index in [0.29, 0.717) is 24.2 Å². The van der Waals surface area contributed by atoms with Gasteiger partial charge in [0.25, 0.3) is 0 Å². The quantitative estimate of drug-likeness (QED) is 0.404. The smallest absolute Gasteiger partial charge is 0.302 e. The molecule has 0 amide bonds. The average Bonchev–Trinajstić information content (AvgIpc) is 3.00. The van der Waals surface area contributed by atoms with Gasteiger partial charge < -0.3 is 4.74 Å². The van der Waals surface area contributed by atoms with Crippen LogP contribution in [0.4, 0.5) is 0 Å². The fourth-order valence-electron chi connectivity index (χ4n) is 4.05. The minimum absolute atomic E-state index is 0.117. The first-order chi connectivity index (χ1) is 10.1. The summed E-state index contributed by atoms with van der Waals surface area (Å²) in [4.78, 5) is 22.9. The lowest BCUT2D eigenvalue weighted by molar-refractivity contribution is -0.148. The zero-order valence-electron chi connectivity index (χ0n) is 13.3. The normalized spacial score (nSPS) is 31.5. The van der Waals surface area contributed by atoms with Crippen LogP contribution in [0.15, 0.2) is 12.2 Å². The third-order valence-corrected chi connectivity index (χ3v) is 5.07. The topological polar surface area (TPSA) is 43.4 Å². The number of fused-ring (bicyclic) bond motifs is 1. The lowest BCUT2D eigenvalue weighted by atomic mass is 9.91. The van der Waals surface area contributed by atoms with Gasteiger partial charge in [0, 0.05) is 13.3 Å². The number of hydrogen-bond acceptors (Lipinski definition) is 3. The summed E-state index contributed by atoms with van der Waals surface area (Å²) in [5.74, 6) is 1.73.